The highest BCUT2D eigenvalue weighted by Gasteiger charge is 2.34. The highest BCUT2D eigenvalue weighted by molar-refractivity contribution is 6.11. The lowest BCUT2D eigenvalue weighted by atomic mass is 10.0. The van der Waals surface area contributed by atoms with Gasteiger partial charge in [-0.25, -0.2) is 9.07 Å². The zero-order chi connectivity index (χ0) is 22.3. The summed E-state index contributed by atoms with van der Waals surface area (Å²) >= 11 is 0. The van der Waals surface area contributed by atoms with Crippen LogP contribution in [-0.2, 0) is 6.54 Å². The van der Waals surface area contributed by atoms with Crippen LogP contribution in [0.15, 0.2) is 42.9 Å². The number of carbonyl (C=O) groups excluding carboxylic acids is 1. The molecule has 0 unspecified atom stereocenters. The number of hydrogen-bond acceptors (Lipinski definition) is 4. The maximum absolute atomic E-state index is 13.7. The molecule has 0 aliphatic carbocycles. The first-order valence-corrected chi connectivity index (χ1v) is 8.75. The number of benzene rings is 1. The first kappa shape index (κ1) is 20.7. The van der Waals surface area contributed by atoms with E-state index >= 15 is 0 Å². The molecule has 2 aromatic heterocycles. The minimum Gasteiger partial charge on any atom is -0.483 e. The molecule has 162 valence electrons. The van der Waals surface area contributed by atoms with Crippen LogP contribution >= 0.6 is 0 Å². The fourth-order valence-electron chi connectivity index (χ4n) is 3.21. The summed E-state index contributed by atoms with van der Waals surface area (Å²) in [6.45, 7) is -4.63. The van der Waals surface area contributed by atoms with E-state index in [1.807, 2.05) is 0 Å². The lowest BCUT2D eigenvalue weighted by Gasteiger charge is -2.15. The smallest absolute Gasteiger partial charge is 0.422 e. The normalized spacial score (nSPS) is 13.8. The molecule has 6 nitrogen and oxygen atoms in total. The van der Waals surface area contributed by atoms with E-state index in [0.29, 0.717) is 10.2 Å². The van der Waals surface area contributed by atoms with Gasteiger partial charge in [0.05, 0.1) is 30.3 Å². The van der Waals surface area contributed by atoms with Crippen LogP contribution in [0.5, 0.6) is 5.75 Å². The number of hydrogen-bond donors (Lipinski definition) is 0. The van der Waals surface area contributed by atoms with Crippen molar-refractivity contribution in [2.24, 2.45) is 0 Å². The van der Waals surface area contributed by atoms with E-state index in [0.717, 1.165) is 24.5 Å². The van der Waals surface area contributed by atoms with Crippen LogP contribution < -0.4 is 9.64 Å². The minimum absolute atomic E-state index is 0.0559. The maximum atomic E-state index is 13.7. The van der Waals surface area contributed by atoms with Crippen LogP contribution in [0.25, 0.3) is 11.3 Å². The Bertz CT molecular complexity index is 1140. The molecule has 4 rings (SSSR count). The Morgan fingerprint density at radius 2 is 1.94 bits per heavy atom. The molecular formula is C19H12F6N4O2. The Hall–Kier alpha value is -3.57. The van der Waals surface area contributed by atoms with Crippen molar-refractivity contribution in [2.75, 3.05) is 11.5 Å². The van der Waals surface area contributed by atoms with Gasteiger partial charge in [-0.1, -0.05) is 0 Å². The van der Waals surface area contributed by atoms with Gasteiger partial charge in [0.2, 0.25) is 0 Å². The largest absolute Gasteiger partial charge is 0.483 e. The van der Waals surface area contributed by atoms with Gasteiger partial charge < -0.3 is 9.64 Å². The number of aromatic nitrogens is 3. The van der Waals surface area contributed by atoms with Crippen molar-refractivity contribution < 1.29 is 35.9 Å². The van der Waals surface area contributed by atoms with Gasteiger partial charge in [-0.3, -0.25) is 9.78 Å². The van der Waals surface area contributed by atoms with E-state index in [9.17, 15) is 31.1 Å². The summed E-state index contributed by atoms with van der Waals surface area (Å²) in [7, 11) is 0. The summed E-state index contributed by atoms with van der Waals surface area (Å²) in [6, 6.07) is 4.42. The van der Waals surface area contributed by atoms with Crippen molar-refractivity contribution in [3.63, 3.8) is 0 Å². The lowest BCUT2D eigenvalue weighted by molar-refractivity contribution is -0.153. The van der Waals surface area contributed by atoms with Crippen molar-refractivity contribution in [1.29, 1.82) is 0 Å². The van der Waals surface area contributed by atoms with Crippen LogP contribution in [-0.4, -0.2) is 33.5 Å². The van der Waals surface area contributed by atoms with Gasteiger partial charge in [0.1, 0.15) is 11.6 Å². The number of nitrogens with zero attached hydrogens (tertiary/aromatic N) is 4. The molecule has 0 saturated carbocycles. The molecule has 0 bridgehead atoms. The fraction of sp³-hybridized carbons (Fsp3) is 0.211. The Balaban J connectivity index is 1.72. The molecule has 1 aromatic carbocycles. The summed E-state index contributed by atoms with van der Waals surface area (Å²) in [4.78, 5) is 18.1. The zero-order valence-electron chi connectivity index (χ0n) is 15.4. The van der Waals surface area contributed by atoms with E-state index in [1.54, 1.807) is 0 Å². The first-order chi connectivity index (χ1) is 14.6. The van der Waals surface area contributed by atoms with Crippen molar-refractivity contribution >= 4 is 11.6 Å². The van der Waals surface area contributed by atoms with Crippen LogP contribution in [0.3, 0.4) is 0 Å². The zero-order valence-corrected chi connectivity index (χ0v) is 15.4. The van der Waals surface area contributed by atoms with E-state index in [1.165, 1.54) is 23.2 Å². The second kappa shape index (κ2) is 7.60. The number of ether oxygens (including phenoxy) is 1. The molecule has 3 heterocycles. The number of amides is 1. The molecule has 1 aliphatic heterocycles. The molecule has 3 aromatic rings. The van der Waals surface area contributed by atoms with Gasteiger partial charge in [-0.05, 0) is 18.2 Å². The lowest BCUT2D eigenvalue weighted by Crippen LogP contribution is -2.22. The van der Waals surface area contributed by atoms with E-state index < -0.39 is 36.8 Å². The Kier molecular flexibility index (Phi) is 5.07. The quantitative estimate of drug-likeness (QED) is 0.543. The number of halogens is 6. The van der Waals surface area contributed by atoms with Crippen LogP contribution in [0, 0.1) is 5.82 Å². The molecule has 31 heavy (non-hydrogen) atoms. The van der Waals surface area contributed by atoms with Gasteiger partial charge in [-0.15, -0.1) is 0 Å². The topological polar surface area (TPSA) is 60.2 Å². The Morgan fingerprint density at radius 1 is 1.16 bits per heavy atom. The summed E-state index contributed by atoms with van der Waals surface area (Å²) in [6.07, 6.45) is -1.28. The molecule has 0 atom stereocenters. The molecule has 12 heteroatoms. The molecule has 1 aliphatic rings. The summed E-state index contributed by atoms with van der Waals surface area (Å²) in [5.74, 6) is -1.73. The molecule has 0 spiro atoms. The first-order valence-electron chi connectivity index (χ1n) is 8.75. The van der Waals surface area contributed by atoms with Gasteiger partial charge >= 0.3 is 12.7 Å². The average molecular weight is 442 g/mol. The van der Waals surface area contributed by atoms with E-state index in [-0.39, 0.29) is 29.1 Å². The number of carbonyl (C=O) groups is 1. The molecule has 0 fully saturated rings. The molecule has 0 N–H and O–H groups in total. The van der Waals surface area contributed by atoms with Crippen LogP contribution in [0.2, 0.25) is 0 Å². The van der Waals surface area contributed by atoms with Crippen molar-refractivity contribution in [2.45, 2.75) is 19.3 Å². The number of rotatable bonds is 5. The monoisotopic (exact) mass is 442 g/mol. The van der Waals surface area contributed by atoms with Crippen LogP contribution in [0.4, 0.5) is 32.0 Å². The minimum atomic E-state index is -4.65. The standard InChI is InChI=1S/C19H12F6N4O2/c20-10-1-2-13(15(5-10)31-9-19(23,24)25)16-14-8-28(17(30)12(14)3-4-26-16)11-6-27-29(7-11)18(21)22/h1-7,18H,8-9H2. The van der Waals surface area contributed by atoms with Gasteiger partial charge in [-0.2, -0.15) is 27.1 Å². The molecule has 0 saturated heterocycles. The van der Waals surface area contributed by atoms with Crippen molar-refractivity contribution in [3.8, 4) is 17.0 Å². The van der Waals surface area contributed by atoms with Crippen LogP contribution in [0.1, 0.15) is 22.5 Å². The SMILES string of the molecule is O=C1c2ccnc(-c3ccc(F)cc3OCC(F)(F)F)c2CN1c1cnn(C(F)F)c1. The second-order valence-corrected chi connectivity index (χ2v) is 6.58. The summed E-state index contributed by atoms with van der Waals surface area (Å²) < 4.78 is 82.2. The fourth-order valence-corrected chi connectivity index (χ4v) is 3.21. The van der Waals surface area contributed by atoms with E-state index in [2.05, 4.69) is 10.1 Å². The van der Waals surface area contributed by atoms with E-state index in [4.69, 9.17) is 4.74 Å². The molecule has 0 radical (unpaired) electrons. The predicted octanol–water partition coefficient (Wildman–Crippen LogP) is 4.58. The number of pyridine rings is 1. The predicted molar refractivity (Wildman–Crippen MR) is 95.2 cm³/mol. The highest BCUT2D eigenvalue weighted by Crippen LogP contribution is 2.38. The molecular weight excluding hydrogens is 430 g/mol. The third kappa shape index (κ3) is 4.05. The number of alkyl halides is 5. The third-order valence-electron chi connectivity index (χ3n) is 4.54. The van der Waals surface area contributed by atoms with Gasteiger partial charge in [0.15, 0.2) is 6.61 Å². The van der Waals surface area contributed by atoms with Crippen molar-refractivity contribution in [3.05, 3.63) is 59.8 Å². The van der Waals surface area contributed by atoms with Gasteiger partial charge in [0, 0.05) is 29.0 Å². The third-order valence-corrected chi connectivity index (χ3v) is 4.54. The summed E-state index contributed by atoms with van der Waals surface area (Å²) in [5.41, 5.74) is 0.800. The number of anilines is 1. The molecule has 1 amide bonds. The second-order valence-electron chi connectivity index (χ2n) is 6.58. The van der Waals surface area contributed by atoms with Crippen molar-refractivity contribution in [1.82, 2.24) is 14.8 Å². The maximum Gasteiger partial charge on any atom is 0.422 e. The highest BCUT2D eigenvalue weighted by atomic mass is 19.4. The number of fused-ring (bicyclic) bond motifs is 1. The Morgan fingerprint density at radius 3 is 2.61 bits per heavy atom. The summed E-state index contributed by atoms with van der Waals surface area (Å²) in [5, 5.41) is 3.50. The van der Waals surface area contributed by atoms with Gasteiger partial charge in [0.25, 0.3) is 5.91 Å². The Labute approximate surface area is 170 Å². The average Bonchev–Trinajstić information content (AvgIpc) is 3.31.